The van der Waals surface area contributed by atoms with Gasteiger partial charge < -0.3 is 10.1 Å². The third-order valence-corrected chi connectivity index (χ3v) is 6.10. The zero-order valence-electron chi connectivity index (χ0n) is 12.0. The van der Waals surface area contributed by atoms with E-state index < -0.39 is 9.84 Å². The van der Waals surface area contributed by atoms with Crippen LogP contribution in [0.3, 0.4) is 0 Å². The Morgan fingerprint density at radius 3 is 2.84 bits per heavy atom. The van der Waals surface area contributed by atoms with Crippen LogP contribution in [0.2, 0.25) is 0 Å². The first-order chi connectivity index (χ1) is 8.96. The molecule has 112 valence electrons. The maximum Gasteiger partial charge on any atom is 0.153 e. The molecule has 2 atom stereocenters. The highest BCUT2D eigenvalue weighted by atomic mass is 32.2. The number of rotatable bonds is 4. The van der Waals surface area contributed by atoms with Gasteiger partial charge >= 0.3 is 0 Å². The average Bonchev–Trinajstić information content (AvgIpc) is 2.34. The predicted octanol–water partition coefficient (Wildman–Crippen LogP) is 0.122. The standard InChI is InChI=1S/C13H26N2O3S/c1-12-8-19(16,17)7-5-15(12)10-13(9-14-2)4-3-6-18-11-13/h12,14H,3-11H2,1-2H3. The molecule has 2 rings (SSSR count). The molecular weight excluding hydrogens is 264 g/mol. The summed E-state index contributed by atoms with van der Waals surface area (Å²) in [5.41, 5.74) is 0.141. The summed E-state index contributed by atoms with van der Waals surface area (Å²) in [6, 6.07) is 0.120. The fraction of sp³-hybridized carbons (Fsp3) is 1.00. The summed E-state index contributed by atoms with van der Waals surface area (Å²) in [7, 11) is -0.854. The first-order valence-electron chi connectivity index (χ1n) is 7.13. The fourth-order valence-electron chi connectivity index (χ4n) is 3.30. The van der Waals surface area contributed by atoms with E-state index in [1.54, 1.807) is 0 Å². The van der Waals surface area contributed by atoms with E-state index in [1.165, 1.54) is 0 Å². The molecule has 0 bridgehead atoms. The molecule has 2 unspecified atom stereocenters. The van der Waals surface area contributed by atoms with Gasteiger partial charge in [-0.1, -0.05) is 0 Å². The van der Waals surface area contributed by atoms with Crippen molar-refractivity contribution in [3.8, 4) is 0 Å². The molecule has 2 aliphatic rings. The van der Waals surface area contributed by atoms with Gasteiger partial charge in [-0.15, -0.1) is 0 Å². The maximum atomic E-state index is 11.6. The van der Waals surface area contributed by atoms with Crippen molar-refractivity contribution in [3.05, 3.63) is 0 Å². The van der Waals surface area contributed by atoms with Crippen molar-refractivity contribution in [2.24, 2.45) is 5.41 Å². The number of nitrogens with one attached hydrogen (secondary N) is 1. The molecule has 0 aromatic rings. The zero-order valence-corrected chi connectivity index (χ0v) is 12.8. The predicted molar refractivity (Wildman–Crippen MR) is 76.1 cm³/mol. The van der Waals surface area contributed by atoms with Crippen molar-refractivity contribution in [1.29, 1.82) is 0 Å². The van der Waals surface area contributed by atoms with Gasteiger partial charge in [0, 0.05) is 37.7 Å². The van der Waals surface area contributed by atoms with Gasteiger partial charge in [-0.25, -0.2) is 8.42 Å². The summed E-state index contributed by atoms with van der Waals surface area (Å²) in [6.45, 7) is 6.19. The SMILES string of the molecule is CNCC1(CN2CCS(=O)(=O)CC2C)CCCOC1. The van der Waals surface area contributed by atoms with Gasteiger partial charge in [-0.3, -0.25) is 4.90 Å². The van der Waals surface area contributed by atoms with Gasteiger partial charge in [-0.05, 0) is 26.8 Å². The summed E-state index contributed by atoms with van der Waals surface area (Å²) < 4.78 is 29.0. The van der Waals surface area contributed by atoms with Gasteiger partial charge in [0.25, 0.3) is 0 Å². The molecule has 0 amide bonds. The fourth-order valence-corrected chi connectivity index (χ4v) is 4.93. The van der Waals surface area contributed by atoms with Crippen LogP contribution >= 0.6 is 0 Å². The minimum atomic E-state index is -2.83. The van der Waals surface area contributed by atoms with E-state index in [2.05, 4.69) is 10.2 Å². The van der Waals surface area contributed by atoms with Crippen LogP contribution in [0.15, 0.2) is 0 Å². The first kappa shape index (κ1) is 15.2. The number of sulfone groups is 1. The number of ether oxygens (including phenoxy) is 1. The van der Waals surface area contributed by atoms with Crippen molar-refractivity contribution in [1.82, 2.24) is 10.2 Å². The van der Waals surface area contributed by atoms with Crippen molar-refractivity contribution in [2.45, 2.75) is 25.8 Å². The lowest BCUT2D eigenvalue weighted by Crippen LogP contribution is -2.55. The van der Waals surface area contributed by atoms with Crippen LogP contribution in [0.25, 0.3) is 0 Å². The molecule has 0 aromatic heterocycles. The van der Waals surface area contributed by atoms with Crippen LogP contribution < -0.4 is 5.32 Å². The highest BCUT2D eigenvalue weighted by molar-refractivity contribution is 7.91. The molecule has 2 saturated heterocycles. The number of nitrogens with zero attached hydrogens (tertiary/aromatic N) is 1. The Balaban J connectivity index is 2.01. The maximum absolute atomic E-state index is 11.6. The van der Waals surface area contributed by atoms with Crippen molar-refractivity contribution < 1.29 is 13.2 Å². The molecule has 0 radical (unpaired) electrons. The van der Waals surface area contributed by atoms with Crippen LogP contribution in [0.4, 0.5) is 0 Å². The first-order valence-corrected chi connectivity index (χ1v) is 8.95. The van der Waals surface area contributed by atoms with Crippen molar-refractivity contribution in [3.63, 3.8) is 0 Å². The molecule has 0 saturated carbocycles. The van der Waals surface area contributed by atoms with Gasteiger partial charge in [0.05, 0.1) is 18.1 Å². The van der Waals surface area contributed by atoms with Crippen LogP contribution in [0.5, 0.6) is 0 Å². The Morgan fingerprint density at radius 2 is 2.26 bits per heavy atom. The van der Waals surface area contributed by atoms with E-state index in [4.69, 9.17) is 4.74 Å². The Labute approximate surface area is 116 Å². The van der Waals surface area contributed by atoms with E-state index in [-0.39, 0.29) is 11.5 Å². The summed E-state index contributed by atoms with van der Waals surface area (Å²) in [5, 5.41) is 3.27. The lowest BCUT2D eigenvalue weighted by molar-refractivity contribution is -0.0294. The molecule has 5 nitrogen and oxygen atoms in total. The molecule has 2 aliphatic heterocycles. The van der Waals surface area contributed by atoms with Gasteiger partial charge in [-0.2, -0.15) is 0 Å². The molecule has 0 spiro atoms. The van der Waals surface area contributed by atoms with Crippen LogP contribution in [0.1, 0.15) is 19.8 Å². The Morgan fingerprint density at radius 1 is 1.47 bits per heavy atom. The van der Waals surface area contributed by atoms with Crippen LogP contribution in [-0.2, 0) is 14.6 Å². The quantitative estimate of drug-likeness (QED) is 0.797. The van der Waals surface area contributed by atoms with Crippen LogP contribution in [0, 0.1) is 5.41 Å². The van der Waals surface area contributed by atoms with E-state index in [1.807, 2.05) is 14.0 Å². The Kier molecular flexibility index (Phi) is 4.87. The summed E-state index contributed by atoms with van der Waals surface area (Å²) in [5.74, 6) is 0.595. The molecule has 2 heterocycles. The smallest absolute Gasteiger partial charge is 0.153 e. The van der Waals surface area contributed by atoms with E-state index in [0.717, 1.165) is 39.1 Å². The summed E-state index contributed by atoms with van der Waals surface area (Å²) in [6.07, 6.45) is 2.26. The minimum absolute atomic E-state index is 0.120. The van der Waals surface area contributed by atoms with Gasteiger partial charge in [0.2, 0.25) is 0 Å². The monoisotopic (exact) mass is 290 g/mol. The van der Waals surface area contributed by atoms with Crippen molar-refractivity contribution in [2.75, 3.05) is 51.4 Å². The molecule has 0 aromatic carbocycles. The third kappa shape index (κ3) is 3.90. The second-order valence-corrected chi connectivity index (χ2v) is 8.35. The van der Waals surface area contributed by atoms with E-state index in [9.17, 15) is 8.42 Å². The topological polar surface area (TPSA) is 58.6 Å². The van der Waals surface area contributed by atoms with Crippen molar-refractivity contribution >= 4 is 9.84 Å². The van der Waals surface area contributed by atoms with Gasteiger partial charge in [0.1, 0.15) is 0 Å². The summed E-state index contributed by atoms with van der Waals surface area (Å²) >= 11 is 0. The van der Waals surface area contributed by atoms with Crippen LogP contribution in [-0.4, -0.2) is 70.8 Å². The average molecular weight is 290 g/mol. The third-order valence-electron chi connectivity index (χ3n) is 4.30. The highest BCUT2D eigenvalue weighted by Crippen LogP contribution is 2.30. The molecule has 1 N–H and O–H groups in total. The zero-order chi connectivity index (χ0) is 13.9. The summed E-state index contributed by atoms with van der Waals surface area (Å²) in [4.78, 5) is 2.33. The second kappa shape index (κ2) is 6.08. The molecule has 6 heteroatoms. The molecule has 2 fully saturated rings. The van der Waals surface area contributed by atoms with E-state index in [0.29, 0.717) is 18.1 Å². The minimum Gasteiger partial charge on any atom is -0.381 e. The Bertz CT molecular complexity index is 385. The molecule has 19 heavy (non-hydrogen) atoms. The lowest BCUT2D eigenvalue weighted by atomic mass is 9.81. The second-order valence-electron chi connectivity index (χ2n) is 6.12. The highest BCUT2D eigenvalue weighted by Gasteiger charge is 2.38. The van der Waals surface area contributed by atoms with Gasteiger partial charge in [0.15, 0.2) is 9.84 Å². The van der Waals surface area contributed by atoms with E-state index >= 15 is 0 Å². The lowest BCUT2D eigenvalue weighted by Gasteiger charge is -2.44. The largest absolute Gasteiger partial charge is 0.381 e. The molecule has 0 aliphatic carbocycles. The number of hydrogen-bond acceptors (Lipinski definition) is 5. The Hall–Kier alpha value is -0.170. The molecular formula is C13H26N2O3S. The normalized spacial score (nSPS) is 36.2. The number of hydrogen-bond donors (Lipinski definition) is 1.